The van der Waals surface area contributed by atoms with Crippen molar-refractivity contribution < 1.29 is 27.9 Å². The Hall–Kier alpha value is -4.28. The van der Waals surface area contributed by atoms with E-state index in [0.717, 1.165) is 16.4 Å². The number of hydrogen-bond acceptors (Lipinski definition) is 9. The maximum absolute atomic E-state index is 14.2. The van der Waals surface area contributed by atoms with Gasteiger partial charge in [0.05, 0.1) is 23.7 Å². The Morgan fingerprint density at radius 1 is 0.953 bits per heavy atom. The molecule has 2 heterocycles. The van der Waals surface area contributed by atoms with Crippen molar-refractivity contribution in [1.29, 1.82) is 0 Å². The van der Waals surface area contributed by atoms with Gasteiger partial charge in [-0.15, -0.1) is 0 Å². The molecule has 5 rings (SSSR count). The maximum atomic E-state index is 14.2. The zero-order chi connectivity index (χ0) is 30.4. The van der Waals surface area contributed by atoms with Crippen LogP contribution >= 0.6 is 7.75 Å². The minimum absolute atomic E-state index is 0.221. The summed E-state index contributed by atoms with van der Waals surface area (Å²) >= 11 is 0. The number of nitrogens with zero attached hydrogens (tertiary/aromatic N) is 3. The van der Waals surface area contributed by atoms with Crippen molar-refractivity contribution in [3.8, 4) is 11.5 Å². The molecule has 0 saturated heterocycles. The van der Waals surface area contributed by atoms with Gasteiger partial charge in [0, 0.05) is 12.0 Å². The van der Waals surface area contributed by atoms with E-state index in [1.54, 1.807) is 55.5 Å². The lowest BCUT2D eigenvalue weighted by Gasteiger charge is -2.26. The van der Waals surface area contributed by atoms with E-state index < -0.39 is 25.9 Å². The Balaban J connectivity index is 1.44. The van der Waals surface area contributed by atoms with Crippen LogP contribution in [0.1, 0.15) is 26.6 Å². The summed E-state index contributed by atoms with van der Waals surface area (Å²) in [5, 5.41) is 3.61. The quantitative estimate of drug-likeness (QED) is 0.0953. The summed E-state index contributed by atoms with van der Waals surface area (Å²) in [4.78, 5) is 22.1. The molecule has 3 aromatic carbocycles. The van der Waals surface area contributed by atoms with Gasteiger partial charge in [-0.3, -0.25) is 4.52 Å². The number of nitrogen functional groups attached to an aromatic ring is 1. The number of ether oxygens (including phenoxy) is 2. The largest absolute Gasteiger partial charge is 0.459 e. The van der Waals surface area contributed by atoms with Crippen LogP contribution in [0.4, 0.5) is 5.82 Å². The Morgan fingerprint density at radius 2 is 1.60 bits per heavy atom. The molecule has 3 N–H and O–H groups in total. The van der Waals surface area contributed by atoms with Gasteiger partial charge < -0.3 is 24.3 Å². The van der Waals surface area contributed by atoms with Gasteiger partial charge in [-0.25, -0.2) is 19.3 Å². The molecule has 43 heavy (non-hydrogen) atoms. The van der Waals surface area contributed by atoms with E-state index in [2.05, 4.69) is 10.1 Å². The van der Waals surface area contributed by atoms with Gasteiger partial charge >= 0.3 is 13.7 Å². The fourth-order valence-corrected chi connectivity index (χ4v) is 6.29. The van der Waals surface area contributed by atoms with Gasteiger partial charge in [-0.05, 0) is 51.1 Å². The summed E-state index contributed by atoms with van der Waals surface area (Å²) in [5.41, 5.74) is 8.34. The Bertz CT molecular complexity index is 1750. The van der Waals surface area contributed by atoms with E-state index in [1.165, 1.54) is 6.92 Å². The molecule has 5 aromatic rings. The van der Waals surface area contributed by atoms with Crippen LogP contribution in [0.3, 0.4) is 0 Å². The highest BCUT2D eigenvalue weighted by molar-refractivity contribution is 7.52. The molecular formula is C31H34N5O6P. The van der Waals surface area contributed by atoms with Crippen LogP contribution in [0, 0.1) is 0 Å². The number of esters is 1. The summed E-state index contributed by atoms with van der Waals surface area (Å²) in [7, 11) is -4.14. The lowest BCUT2D eigenvalue weighted by Crippen LogP contribution is -2.37. The van der Waals surface area contributed by atoms with Crippen molar-refractivity contribution >= 4 is 41.5 Å². The monoisotopic (exact) mass is 603 g/mol. The second-order valence-corrected chi connectivity index (χ2v) is 11.5. The average Bonchev–Trinajstić information content (AvgIpc) is 3.35. The van der Waals surface area contributed by atoms with Crippen LogP contribution in [0.2, 0.25) is 0 Å². The van der Waals surface area contributed by atoms with Crippen LogP contribution in [-0.2, 0) is 31.8 Å². The van der Waals surface area contributed by atoms with Gasteiger partial charge in [0.25, 0.3) is 0 Å². The number of hydrogen-bond donors (Lipinski definition) is 2. The summed E-state index contributed by atoms with van der Waals surface area (Å²) in [6.07, 6.45) is -0.690. The van der Waals surface area contributed by atoms with E-state index in [9.17, 15) is 9.36 Å². The molecule has 3 atom stereocenters. The number of pyridine rings is 1. The Morgan fingerprint density at radius 3 is 2.30 bits per heavy atom. The van der Waals surface area contributed by atoms with E-state index in [1.807, 2.05) is 47.9 Å². The Labute approximate surface area is 249 Å². The topological polar surface area (TPSA) is 140 Å². The number of benzene rings is 3. The van der Waals surface area contributed by atoms with Crippen molar-refractivity contribution in [3.05, 3.63) is 90.8 Å². The van der Waals surface area contributed by atoms with E-state index >= 15 is 0 Å². The molecule has 0 saturated carbocycles. The molecule has 0 unspecified atom stereocenters. The number of carbonyl (C=O) groups is 1. The first-order chi connectivity index (χ1) is 20.8. The van der Waals surface area contributed by atoms with Gasteiger partial charge in [-0.2, -0.15) is 5.09 Å². The van der Waals surface area contributed by atoms with Crippen LogP contribution in [0.5, 0.6) is 11.5 Å². The summed E-state index contributed by atoms with van der Waals surface area (Å²) in [6.45, 7) is 6.13. The van der Waals surface area contributed by atoms with Crippen molar-refractivity contribution in [1.82, 2.24) is 19.6 Å². The molecule has 11 nitrogen and oxygen atoms in total. The summed E-state index contributed by atoms with van der Waals surface area (Å²) in [5.74, 6) is 0.939. The van der Waals surface area contributed by atoms with E-state index in [4.69, 9.17) is 29.2 Å². The first-order valence-electron chi connectivity index (χ1n) is 13.9. The number of aromatic nitrogens is 3. The smallest absolute Gasteiger partial charge is 0.425 e. The molecule has 0 bridgehead atoms. The number of anilines is 1. The Kier molecular flexibility index (Phi) is 9.37. The summed E-state index contributed by atoms with van der Waals surface area (Å²) in [6, 6.07) is 23.8. The molecule has 0 spiro atoms. The third kappa shape index (κ3) is 7.21. The minimum atomic E-state index is -4.14. The van der Waals surface area contributed by atoms with Crippen molar-refractivity contribution in [2.24, 2.45) is 0 Å². The zero-order valence-corrected chi connectivity index (χ0v) is 25.1. The van der Waals surface area contributed by atoms with Crippen LogP contribution in [-0.4, -0.2) is 39.3 Å². The predicted molar refractivity (Wildman–Crippen MR) is 165 cm³/mol. The molecule has 12 heteroatoms. The number of fused-ring (bicyclic) bond motifs is 3. The third-order valence-corrected chi connectivity index (χ3v) is 8.31. The average molecular weight is 604 g/mol. The molecule has 0 amide bonds. The minimum Gasteiger partial charge on any atom is -0.425 e. The van der Waals surface area contributed by atoms with Crippen molar-refractivity contribution in [3.63, 3.8) is 0 Å². The third-order valence-electron chi connectivity index (χ3n) is 6.52. The number of imidazole rings is 1. The molecule has 224 valence electrons. The molecule has 2 aromatic heterocycles. The van der Waals surface area contributed by atoms with Gasteiger partial charge in [0.15, 0.2) is 5.82 Å². The molecule has 0 radical (unpaired) electrons. The number of nitrogens with two attached hydrogens (primary N) is 1. The number of nitrogens with one attached hydrogen (secondary N) is 1. The van der Waals surface area contributed by atoms with Crippen molar-refractivity contribution in [2.75, 3.05) is 12.3 Å². The van der Waals surface area contributed by atoms with Crippen LogP contribution in [0.25, 0.3) is 21.9 Å². The number of rotatable bonds is 13. The fraction of sp³-hybridized carbons (Fsp3) is 0.258. The van der Waals surface area contributed by atoms with Crippen LogP contribution in [0.15, 0.2) is 84.9 Å². The molecule has 0 fully saturated rings. The van der Waals surface area contributed by atoms with Gasteiger partial charge in [0.2, 0.25) is 0 Å². The molecule has 0 aliphatic heterocycles. The van der Waals surface area contributed by atoms with Gasteiger partial charge in [0.1, 0.15) is 35.5 Å². The molecule has 0 aliphatic rings. The highest BCUT2D eigenvalue weighted by atomic mass is 31.2. The highest BCUT2D eigenvalue weighted by Crippen LogP contribution is 2.46. The SMILES string of the molecule is CCOCc1nc2c(N)nc3ccccc3c2n1C[C@@H](C)O[P@@](=O)(N[C@@H](C)C(=O)Oc1ccccc1)Oc1ccccc1. The zero-order valence-electron chi connectivity index (χ0n) is 24.2. The maximum Gasteiger partial charge on any atom is 0.459 e. The van der Waals surface area contributed by atoms with Crippen molar-refractivity contribution in [2.45, 2.75) is 46.1 Å². The standard InChI is InChI=1S/C31H34N5O6P/c1-4-39-20-27-34-28-29(25-17-11-12-18-26(25)33-30(28)32)36(27)19-21(2)41-43(38,42-24-15-9-6-10-16-24)35-22(3)31(37)40-23-13-7-5-8-14-23/h5-18,21-22H,4,19-20H2,1-3H3,(H2,32,33)(H,35,38)/t21-,22+,43+/m1/s1. The van der Waals surface area contributed by atoms with Crippen LogP contribution < -0.4 is 20.1 Å². The predicted octanol–water partition coefficient (Wildman–Crippen LogP) is 5.88. The lowest BCUT2D eigenvalue weighted by molar-refractivity contribution is -0.136. The second-order valence-electron chi connectivity index (χ2n) is 9.89. The number of para-hydroxylation sites is 3. The second kappa shape index (κ2) is 13.4. The summed E-state index contributed by atoms with van der Waals surface area (Å²) < 4.78 is 39.3. The highest BCUT2D eigenvalue weighted by Gasteiger charge is 2.35. The van der Waals surface area contributed by atoms with E-state index in [-0.39, 0.29) is 13.2 Å². The lowest BCUT2D eigenvalue weighted by atomic mass is 10.2. The first kappa shape index (κ1) is 30.2. The molecule has 0 aliphatic carbocycles. The fourth-order valence-electron chi connectivity index (χ4n) is 4.61. The van der Waals surface area contributed by atoms with E-state index in [0.29, 0.717) is 35.3 Å². The molecular weight excluding hydrogens is 569 g/mol. The first-order valence-corrected chi connectivity index (χ1v) is 15.5. The van der Waals surface area contributed by atoms with Gasteiger partial charge in [-0.1, -0.05) is 54.6 Å². The normalized spacial score (nSPS) is 14.3. The number of carbonyl (C=O) groups excluding carboxylic acids is 1.